The van der Waals surface area contributed by atoms with Gasteiger partial charge in [-0.1, -0.05) is 42.5 Å². The highest BCUT2D eigenvalue weighted by atomic mass is 16.5. The number of carbonyl (C=O) groups excluding carboxylic acids is 3. The number of hydrogen-bond acceptors (Lipinski definition) is 5. The Morgan fingerprint density at radius 3 is 2.45 bits per heavy atom. The molecular formula is C24H25N5O4. The number of rotatable bonds is 7. The van der Waals surface area contributed by atoms with Gasteiger partial charge in [-0.05, 0) is 30.2 Å². The van der Waals surface area contributed by atoms with Crippen molar-refractivity contribution in [3.8, 4) is 5.75 Å². The van der Waals surface area contributed by atoms with E-state index in [0.717, 1.165) is 10.5 Å². The highest BCUT2D eigenvalue weighted by Crippen LogP contribution is 2.30. The predicted octanol–water partition coefficient (Wildman–Crippen LogP) is 2.10. The number of imidazole rings is 1. The van der Waals surface area contributed by atoms with Crippen LogP contribution in [0.25, 0.3) is 0 Å². The second-order valence-corrected chi connectivity index (χ2v) is 7.98. The van der Waals surface area contributed by atoms with E-state index in [1.807, 2.05) is 41.9 Å². The molecule has 4 amide bonds. The molecule has 0 saturated carbocycles. The van der Waals surface area contributed by atoms with Crippen LogP contribution in [0.3, 0.4) is 0 Å². The summed E-state index contributed by atoms with van der Waals surface area (Å²) in [6.07, 6.45) is 3.43. The fourth-order valence-electron chi connectivity index (χ4n) is 3.91. The number of hydrogen-bond donors (Lipinski definition) is 2. The molecule has 0 radical (unpaired) electrons. The van der Waals surface area contributed by atoms with E-state index in [2.05, 4.69) is 15.6 Å². The fraction of sp³-hybridized carbons (Fsp3) is 0.250. The molecule has 0 aliphatic carbocycles. The van der Waals surface area contributed by atoms with Crippen LogP contribution < -0.4 is 15.4 Å². The van der Waals surface area contributed by atoms with Crippen LogP contribution in [-0.4, -0.2) is 46.0 Å². The highest BCUT2D eigenvalue weighted by molar-refractivity contribution is 6.09. The maximum Gasteiger partial charge on any atom is 0.325 e. The number of urea groups is 1. The first-order chi connectivity index (χ1) is 15.8. The molecule has 1 fully saturated rings. The lowest BCUT2D eigenvalue weighted by atomic mass is 9.92. The third-order valence-electron chi connectivity index (χ3n) is 5.80. The summed E-state index contributed by atoms with van der Waals surface area (Å²) >= 11 is 0. The zero-order valence-electron chi connectivity index (χ0n) is 18.6. The predicted molar refractivity (Wildman–Crippen MR) is 120 cm³/mol. The van der Waals surface area contributed by atoms with Gasteiger partial charge in [-0.15, -0.1) is 0 Å². The number of ether oxygens (including phenoxy) is 1. The van der Waals surface area contributed by atoms with Crippen LogP contribution in [0.1, 0.15) is 29.9 Å². The van der Waals surface area contributed by atoms with Crippen LogP contribution in [-0.2, 0) is 22.2 Å². The molecule has 9 heteroatoms. The topological polar surface area (TPSA) is 106 Å². The standard InChI is InChI=1S/C24H25N5O4/c1-24(17-9-11-18(33-3)12-10-17)22(31)29(23(32)27-24)15-19(30)26-20(16-7-5-4-6-8-16)21-25-13-14-28(21)2/h4-14,20H,15H2,1-3H3,(H,26,30)(H,27,32). The van der Waals surface area contributed by atoms with E-state index in [-0.39, 0.29) is 0 Å². The van der Waals surface area contributed by atoms with E-state index >= 15 is 0 Å². The number of aryl methyl sites for hydroxylation is 1. The van der Waals surface area contributed by atoms with Gasteiger partial charge in [0.15, 0.2) is 0 Å². The van der Waals surface area contributed by atoms with Crippen LogP contribution in [0.15, 0.2) is 67.0 Å². The molecule has 3 aromatic rings. The second kappa shape index (κ2) is 8.78. The quantitative estimate of drug-likeness (QED) is 0.540. The molecule has 1 aromatic heterocycles. The van der Waals surface area contributed by atoms with E-state index in [1.54, 1.807) is 50.7 Å². The SMILES string of the molecule is COc1ccc(C2(C)NC(=O)N(CC(=O)NC(c3ccccc3)c3nccn3C)C2=O)cc1. The molecule has 1 saturated heterocycles. The molecule has 9 nitrogen and oxygen atoms in total. The molecule has 2 unspecified atom stereocenters. The third kappa shape index (κ3) is 4.17. The van der Waals surface area contributed by atoms with Crippen LogP contribution in [0, 0.1) is 0 Å². The lowest BCUT2D eigenvalue weighted by Crippen LogP contribution is -2.44. The number of nitrogens with zero attached hydrogens (tertiary/aromatic N) is 3. The van der Waals surface area contributed by atoms with Crippen molar-refractivity contribution in [2.24, 2.45) is 7.05 Å². The zero-order chi connectivity index (χ0) is 23.6. The van der Waals surface area contributed by atoms with Gasteiger partial charge in [-0.2, -0.15) is 0 Å². The van der Waals surface area contributed by atoms with Crippen LogP contribution in [0.2, 0.25) is 0 Å². The Labute approximate surface area is 191 Å². The smallest absolute Gasteiger partial charge is 0.325 e. The third-order valence-corrected chi connectivity index (χ3v) is 5.80. The Morgan fingerprint density at radius 2 is 1.85 bits per heavy atom. The van der Waals surface area contributed by atoms with Gasteiger partial charge in [0.2, 0.25) is 5.91 Å². The molecule has 33 heavy (non-hydrogen) atoms. The summed E-state index contributed by atoms with van der Waals surface area (Å²) in [6.45, 7) is 1.21. The lowest BCUT2D eigenvalue weighted by Gasteiger charge is -2.23. The number of nitrogens with one attached hydrogen (secondary N) is 2. The molecule has 170 valence electrons. The van der Waals surface area contributed by atoms with Crippen LogP contribution in [0.4, 0.5) is 4.79 Å². The van der Waals surface area contributed by atoms with Gasteiger partial charge in [-0.3, -0.25) is 14.5 Å². The van der Waals surface area contributed by atoms with E-state index in [1.165, 1.54) is 0 Å². The summed E-state index contributed by atoms with van der Waals surface area (Å²) in [5.74, 6) is 0.293. The normalized spacial score (nSPS) is 18.7. The molecule has 0 bridgehead atoms. The minimum Gasteiger partial charge on any atom is -0.497 e. The van der Waals surface area contributed by atoms with E-state index in [9.17, 15) is 14.4 Å². The minimum absolute atomic E-state index is 0.413. The fourth-order valence-corrected chi connectivity index (χ4v) is 3.91. The largest absolute Gasteiger partial charge is 0.497 e. The summed E-state index contributed by atoms with van der Waals surface area (Å²) in [4.78, 5) is 44.1. The van der Waals surface area contributed by atoms with Gasteiger partial charge in [0, 0.05) is 19.4 Å². The number of imide groups is 1. The molecule has 1 aliphatic heterocycles. The van der Waals surface area contributed by atoms with Gasteiger partial charge in [-0.25, -0.2) is 9.78 Å². The summed E-state index contributed by atoms with van der Waals surface area (Å²) in [7, 11) is 3.38. The number of benzene rings is 2. The molecule has 1 aliphatic rings. The van der Waals surface area contributed by atoms with Gasteiger partial charge >= 0.3 is 6.03 Å². The van der Waals surface area contributed by atoms with Gasteiger partial charge in [0.25, 0.3) is 5.91 Å². The molecule has 4 rings (SSSR count). The average molecular weight is 447 g/mol. The van der Waals surface area contributed by atoms with Crippen molar-refractivity contribution in [3.05, 3.63) is 83.9 Å². The van der Waals surface area contributed by atoms with E-state index < -0.39 is 36.0 Å². The molecular weight excluding hydrogens is 422 g/mol. The summed E-state index contributed by atoms with van der Waals surface area (Å²) in [5.41, 5.74) is 0.155. The Bertz CT molecular complexity index is 1180. The van der Waals surface area contributed by atoms with Gasteiger partial charge in [0.05, 0.1) is 7.11 Å². The van der Waals surface area contributed by atoms with Crippen LogP contribution in [0.5, 0.6) is 5.75 Å². The first kappa shape index (κ1) is 22.1. The van der Waals surface area contributed by atoms with E-state index in [0.29, 0.717) is 17.1 Å². The Morgan fingerprint density at radius 1 is 1.15 bits per heavy atom. The maximum absolute atomic E-state index is 13.2. The molecule has 2 atom stereocenters. The van der Waals surface area contributed by atoms with Crippen molar-refractivity contribution in [1.29, 1.82) is 0 Å². The number of methoxy groups -OCH3 is 1. The van der Waals surface area contributed by atoms with Crippen molar-refractivity contribution in [2.45, 2.75) is 18.5 Å². The zero-order valence-corrected chi connectivity index (χ0v) is 18.6. The van der Waals surface area contributed by atoms with E-state index in [4.69, 9.17) is 4.74 Å². The van der Waals surface area contributed by atoms with Crippen molar-refractivity contribution in [3.63, 3.8) is 0 Å². The molecule has 2 heterocycles. The van der Waals surface area contributed by atoms with Crippen molar-refractivity contribution in [2.75, 3.05) is 13.7 Å². The Hall–Kier alpha value is -4.14. The molecule has 2 N–H and O–H groups in total. The number of carbonyl (C=O) groups is 3. The number of amides is 4. The second-order valence-electron chi connectivity index (χ2n) is 7.98. The summed E-state index contributed by atoms with van der Waals surface area (Å²) in [6, 6.07) is 15.1. The monoisotopic (exact) mass is 447 g/mol. The van der Waals surface area contributed by atoms with Gasteiger partial charge < -0.3 is 19.9 Å². The summed E-state index contributed by atoms with van der Waals surface area (Å²) < 4.78 is 6.97. The Balaban J connectivity index is 1.53. The molecule has 0 spiro atoms. The van der Waals surface area contributed by atoms with Crippen LogP contribution >= 0.6 is 0 Å². The minimum atomic E-state index is -1.28. The maximum atomic E-state index is 13.2. The number of aromatic nitrogens is 2. The lowest BCUT2D eigenvalue weighted by molar-refractivity contribution is -0.135. The summed E-state index contributed by atoms with van der Waals surface area (Å²) in [5, 5.41) is 5.63. The Kier molecular flexibility index (Phi) is 5.87. The van der Waals surface area contributed by atoms with Crippen molar-refractivity contribution < 1.29 is 19.1 Å². The first-order valence-electron chi connectivity index (χ1n) is 10.4. The average Bonchev–Trinajstić information content (AvgIpc) is 3.34. The highest BCUT2D eigenvalue weighted by Gasteiger charge is 2.49. The van der Waals surface area contributed by atoms with Gasteiger partial charge in [0.1, 0.15) is 29.7 Å². The van der Waals surface area contributed by atoms with Crippen molar-refractivity contribution in [1.82, 2.24) is 25.1 Å². The first-order valence-corrected chi connectivity index (χ1v) is 10.4. The molecule has 2 aromatic carbocycles. The van der Waals surface area contributed by atoms with Crippen molar-refractivity contribution >= 4 is 17.8 Å².